The van der Waals surface area contributed by atoms with Crippen LogP contribution in [0.25, 0.3) is 10.8 Å². The van der Waals surface area contributed by atoms with Crippen LogP contribution in [0.15, 0.2) is 52.5 Å². The van der Waals surface area contributed by atoms with Crippen molar-refractivity contribution in [3.8, 4) is 10.8 Å². The van der Waals surface area contributed by atoms with E-state index in [1.807, 2.05) is 12.1 Å². The lowest BCUT2D eigenvalue weighted by Gasteiger charge is -2.34. The van der Waals surface area contributed by atoms with Crippen LogP contribution in [0.5, 0.6) is 0 Å². The minimum absolute atomic E-state index is 0.170. The lowest BCUT2D eigenvalue weighted by Crippen LogP contribution is -2.45. The average Bonchev–Trinajstić information content (AvgIpc) is 3.45. The summed E-state index contributed by atoms with van der Waals surface area (Å²) in [5, 5.41) is 5.42. The third-order valence-corrected chi connectivity index (χ3v) is 6.12. The van der Waals surface area contributed by atoms with Gasteiger partial charge in [-0.2, -0.15) is 0 Å². The summed E-state index contributed by atoms with van der Waals surface area (Å²) in [4.78, 5) is 21.7. The molecule has 1 aliphatic heterocycles. The van der Waals surface area contributed by atoms with Crippen molar-refractivity contribution >= 4 is 17.2 Å². The van der Waals surface area contributed by atoms with Crippen molar-refractivity contribution in [3.63, 3.8) is 0 Å². The molecule has 0 spiro atoms. The van der Waals surface area contributed by atoms with Gasteiger partial charge in [0.05, 0.1) is 6.26 Å². The molecule has 1 aliphatic rings. The molecule has 1 aromatic carbocycles. The van der Waals surface area contributed by atoms with Gasteiger partial charge in [-0.25, -0.2) is 4.98 Å². The Morgan fingerprint density at radius 2 is 1.83 bits per heavy atom. The highest BCUT2D eigenvalue weighted by molar-refractivity contribution is 7.13. The Balaban J connectivity index is 1.26. The highest BCUT2D eigenvalue weighted by Crippen LogP contribution is 2.23. The van der Waals surface area contributed by atoms with Crippen LogP contribution < -0.4 is 5.32 Å². The first kappa shape index (κ1) is 19.8. The number of thiazole rings is 1. The second kappa shape index (κ2) is 9.35. The molecule has 3 aromatic rings. The molecule has 2 aromatic heterocycles. The molecule has 1 N–H and O–H groups in total. The Kier molecular flexibility index (Phi) is 6.39. The number of aromatic nitrogens is 1. The minimum Gasteiger partial charge on any atom is -0.462 e. The van der Waals surface area contributed by atoms with Crippen LogP contribution >= 0.6 is 11.3 Å². The second-order valence-corrected chi connectivity index (χ2v) is 8.08. The maximum Gasteiger partial charge on any atom is 0.271 e. The van der Waals surface area contributed by atoms with Crippen LogP contribution in [0.1, 0.15) is 28.5 Å². The van der Waals surface area contributed by atoms with E-state index in [1.54, 1.807) is 11.6 Å². The van der Waals surface area contributed by atoms with Crippen LogP contribution in [0.4, 0.5) is 0 Å². The Labute approximate surface area is 175 Å². The Hall–Kier alpha value is -2.48. The first-order valence-corrected chi connectivity index (χ1v) is 10.9. The third-order valence-electron chi connectivity index (χ3n) is 5.26. The number of hydrogen-bond acceptors (Lipinski definition) is 6. The van der Waals surface area contributed by atoms with Crippen LogP contribution in [0.3, 0.4) is 0 Å². The monoisotopic (exact) mass is 410 g/mol. The van der Waals surface area contributed by atoms with Crippen molar-refractivity contribution in [2.24, 2.45) is 0 Å². The molecule has 7 heteroatoms. The van der Waals surface area contributed by atoms with Gasteiger partial charge in [-0.1, -0.05) is 31.2 Å². The predicted molar refractivity (Wildman–Crippen MR) is 115 cm³/mol. The van der Waals surface area contributed by atoms with E-state index in [0.717, 1.165) is 44.8 Å². The second-order valence-electron chi connectivity index (χ2n) is 7.22. The van der Waals surface area contributed by atoms with Gasteiger partial charge in [-0.3, -0.25) is 9.69 Å². The predicted octanol–water partition coefficient (Wildman–Crippen LogP) is 3.47. The summed E-state index contributed by atoms with van der Waals surface area (Å²) in [6.45, 7) is 9.38. The Morgan fingerprint density at radius 1 is 1.10 bits per heavy atom. The summed E-state index contributed by atoms with van der Waals surface area (Å²) in [6.07, 6.45) is 1.60. The topological polar surface area (TPSA) is 61.6 Å². The maximum atomic E-state index is 12.4. The van der Waals surface area contributed by atoms with Gasteiger partial charge in [-0.15, -0.1) is 11.3 Å². The van der Waals surface area contributed by atoms with Gasteiger partial charge in [-0.05, 0) is 29.8 Å². The van der Waals surface area contributed by atoms with Crippen molar-refractivity contribution in [1.29, 1.82) is 0 Å². The van der Waals surface area contributed by atoms with Crippen LogP contribution in [-0.4, -0.2) is 53.4 Å². The maximum absolute atomic E-state index is 12.4. The van der Waals surface area contributed by atoms with Crippen molar-refractivity contribution in [3.05, 3.63) is 64.9 Å². The fraction of sp³-hybridized carbons (Fsp3) is 0.364. The molecule has 0 atom stereocenters. The molecule has 0 radical (unpaired) electrons. The summed E-state index contributed by atoms with van der Waals surface area (Å²) in [5.41, 5.74) is 2.82. The molecule has 0 aliphatic carbocycles. The number of nitrogens with one attached hydrogen (secondary N) is 1. The van der Waals surface area contributed by atoms with E-state index in [2.05, 4.69) is 51.3 Å². The smallest absolute Gasteiger partial charge is 0.271 e. The van der Waals surface area contributed by atoms with Crippen molar-refractivity contribution in [1.82, 2.24) is 20.1 Å². The number of carbonyl (C=O) groups excluding carboxylic acids is 1. The minimum atomic E-state index is -0.170. The van der Waals surface area contributed by atoms with Crippen molar-refractivity contribution in [2.75, 3.05) is 32.7 Å². The first-order chi connectivity index (χ1) is 14.2. The zero-order chi connectivity index (χ0) is 20.1. The van der Waals surface area contributed by atoms with Gasteiger partial charge < -0.3 is 14.6 Å². The summed E-state index contributed by atoms with van der Waals surface area (Å²) in [7, 11) is 0. The highest BCUT2D eigenvalue weighted by atomic mass is 32.1. The number of carbonyl (C=O) groups is 1. The molecular formula is C22H26N4O2S. The number of rotatable bonds is 7. The van der Waals surface area contributed by atoms with E-state index in [-0.39, 0.29) is 5.91 Å². The molecule has 152 valence electrons. The highest BCUT2D eigenvalue weighted by Gasteiger charge is 2.16. The number of benzene rings is 1. The van der Waals surface area contributed by atoms with Gasteiger partial charge in [0, 0.05) is 44.6 Å². The van der Waals surface area contributed by atoms with Gasteiger partial charge in [0.25, 0.3) is 5.91 Å². The lowest BCUT2D eigenvalue weighted by atomic mass is 10.1. The van der Waals surface area contributed by atoms with E-state index < -0.39 is 0 Å². The zero-order valence-electron chi connectivity index (χ0n) is 16.6. The molecule has 1 saturated heterocycles. The van der Waals surface area contributed by atoms with Crippen molar-refractivity contribution < 1.29 is 9.21 Å². The summed E-state index contributed by atoms with van der Waals surface area (Å²) >= 11 is 1.40. The van der Waals surface area contributed by atoms with Crippen molar-refractivity contribution in [2.45, 2.75) is 20.0 Å². The third kappa shape index (κ3) is 5.12. The van der Waals surface area contributed by atoms with Crippen LogP contribution in [-0.2, 0) is 13.1 Å². The Bertz CT molecular complexity index is 913. The van der Waals surface area contributed by atoms with E-state index in [4.69, 9.17) is 4.42 Å². The summed E-state index contributed by atoms with van der Waals surface area (Å²) in [6, 6.07) is 12.1. The van der Waals surface area contributed by atoms with Gasteiger partial charge >= 0.3 is 0 Å². The molecule has 29 heavy (non-hydrogen) atoms. The molecule has 0 saturated carbocycles. The SMILES string of the molecule is CCN1CCN(Cc2ccc(CNC(=O)c3csc(-c4ccco4)n3)cc2)CC1. The fourth-order valence-corrected chi connectivity index (χ4v) is 4.22. The number of likely N-dealkylation sites (N-methyl/N-ethyl adjacent to an activating group) is 1. The molecule has 1 amide bonds. The lowest BCUT2D eigenvalue weighted by molar-refractivity contribution is 0.0946. The van der Waals surface area contributed by atoms with Crippen LogP contribution in [0, 0.1) is 0 Å². The number of nitrogens with zero attached hydrogens (tertiary/aromatic N) is 3. The standard InChI is InChI=1S/C22H26N4O2S/c1-2-25-9-11-26(12-10-25)15-18-7-5-17(6-8-18)14-23-21(27)19-16-29-22(24-19)20-4-3-13-28-20/h3-8,13,16H,2,9-12,14-15H2,1H3,(H,23,27). The van der Waals surface area contributed by atoms with E-state index >= 15 is 0 Å². The number of amides is 1. The quantitative estimate of drug-likeness (QED) is 0.646. The number of hydrogen-bond donors (Lipinski definition) is 1. The largest absolute Gasteiger partial charge is 0.462 e. The molecule has 6 nitrogen and oxygen atoms in total. The van der Waals surface area contributed by atoms with E-state index in [9.17, 15) is 4.79 Å². The molecule has 1 fully saturated rings. The van der Waals surface area contributed by atoms with E-state index in [1.165, 1.54) is 16.9 Å². The molecule has 3 heterocycles. The Morgan fingerprint density at radius 3 is 2.52 bits per heavy atom. The molecular weight excluding hydrogens is 384 g/mol. The number of piperazine rings is 1. The summed E-state index contributed by atoms with van der Waals surface area (Å²) in [5.74, 6) is 0.512. The average molecular weight is 411 g/mol. The first-order valence-electron chi connectivity index (χ1n) is 10.0. The van der Waals surface area contributed by atoms with Gasteiger partial charge in [0.2, 0.25) is 0 Å². The fourth-order valence-electron chi connectivity index (χ4n) is 3.45. The summed E-state index contributed by atoms with van der Waals surface area (Å²) < 4.78 is 5.33. The molecule has 0 bridgehead atoms. The van der Waals surface area contributed by atoms with E-state index in [0.29, 0.717) is 23.0 Å². The van der Waals surface area contributed by atoms with Gasteiger partial charge in [0.15, 0.2) is 10.8 Å². The molecule has 0 unspecified atom stereocenters. The van der Waals surface area contributed by atoms with Crippen LogP contribution in [0.2, 0.25) is 0 Å². The number of furan rings is 1. The van der Waals surface area contributed by atoms with Gasteiger partial charge in [0.1, 0.15) is 5.69 Å². The zero-order valence-corrected chi connectivity index (χ0v) is 17.5. The molecule has 4 rings (SSSR count). The normalized spacial score (nSPS) is 15.5.